The van der Waals surface area contributed by atoms with Crippen LogP contribution in [0, 0.1) is 0 Å². The van der Waals surface area contributed by atoms with Crippen molar-refractivity contribution >= 4 is 6.08 Å². The summed E-state index contributed by atoms with van der Waals surface area (Å²) in [7, 11) is 0. The maximum absolute atomic E-state index is 5.63. The Kier molecular flexibility index (Phi) is 3.43. The van der Waals surface area contributed by atoms with Crippen LogP contribution in [-0.2, 0) is 0 Å². The van der Waals surface area contributed by atoms with Gasteiger partial charge in [-0.05, 0) is 65.3 Å². The maximum Gasteiger partial charge on any atom is 0.231 e. The van der Waals surface area contributed by atoms with Crippen LogP contribution in [0.15, 0.2) is 66.2 Å². The number of ether oxygens (including phenoxy) is 2. The summed E-state index contributed by atoms with van der Waals surface area (Å²) in [5.41, 5.74) is 9.90. The van der Waals surface area contributed by atoms with Crippen LogP contribution < -0.4 is 9.47 Å². The van der Waals surface area contributed by atoms with Crippen LogP contribution in [0.3, 0.4) is 0 Å². The highest BCUT2D eigenvalue weighted by Gasteiger charge is 2.31. The Hall–Kier alpha value is -3.00. The van der Waals surface area contributed by atoms with Gasteiger partial charge in [0.15, 0.2) is 11.5 Å². The van der Waals surface area contributed by atoms with E-state index in [0.29, 0.717) is 18.6 Å². The van der Waals surface area contributed by atoms with E-state index in [4.69, 9.17) is 9.47 Å². The number of benzene rings is 3. The Balaban J connectivity index is 1.32. The molecule has 3 aromatic carbocycles. The Morgan fingerprint density at radius 2 is 1.36 bits per heavy atom. The van der Waals surface area contributed by atoms with E-state index < -0.39 is 0 Å². The van der Waals surface area contributed by atoms with E-state index in [9.17, 15) is 0 Å². The number of hydrogen-bond acceptors (Lipinski definition) is 2. The van der Waals surface area contributed by atoms with Crippen LogP contribution >= 0.6 is 0 Å². The van der Waals surface area contributed by atoms with E-state index in [0.717, 1.165) is 24.3 Å². The second-order valence-corrected chi connectivity index (χ2v) is 8.08. The van der Waals surface area contributed by atoms with Gasteiger partial charge in [0.05, 0.1) is 0 Å². The van der Waals surface area contributed by atoms with Crippen molar-refractivity contribution in [3.05, 3.63) is 88.5 Å². The number of hydrogen-bond donors (Lipinski definition) is 0. The Morgan fingerprint density at radius 1 is 0.750 bits per heavy atom. The zero-order valence-electron chi connectivity index (χ0n) is 15.9. The molecule has 2 heteroatoms. The van der Waals surface area contributed by atoms with Gasteiger partial charge in [0.1, 0.15) is 0 Å². The molecule has 2 aliphatic carbocycles. The van der Waals surface area contributed by atoms with Gasteiger partial charge in [-0.15, -0.1) is 0 Å². The molecule has 0 saturated heterocycles. The first-order chi connectivity index (χ1) is 13.8. The third kappa shape index (κ3) is 2.27. The fourth-order valence-corrected chi connectivity index (χ4v) is 5.28. The minimum atomic E-state index is 0.335. The van der Waals surface area contributed by atoms with Crippen molar-refractivity contribution in [1.29, 1.82) is 0 Å². The summed E-state index contributed by atoms with van der Waals surface area (Å²) >= 11 is 0. The van der Waals surface area contributed by atoms with Crippen LogP contribution in [0.1, 0.15) is 53.9 Å². The van der Waals surface area contributed by atoms with E-state index in [1.54, 1.807) is 0 Å². The average molecular weight is 366 g/mol. The summed E-state index contributed by atoms with van der Waals surface area (Å²) in [5.74, 6) is 2.72. The fraction of sp³-hybridized carbons (Fsp3) is 0.231. The molecule has 0 aromatic heterocycles. The van der Waals surface area contributed by atoms with Gasteiger partial charge in [0, 0.05) is 11.8 Å². The average Bonchev–Trinajstić information content (AvgIpc) is 3.38. The summed E-state index contributed by atoms with van der Waals surface area (Å²) in [5, 5.41) is 0. The fourth-order valence-electron chi connectivity index (χ4n) is 5.28. The van der Waals surface area contributed by atoms with Crippen molar-refractivity contribution in [3.63, 3.8) is 0 Å². The number of allylic oxidation sites excluding steroid dienone is 1. The largest absolute Gasteiger partial charge is 0.454 e. The van der Waals surface area contributed by atoms with Gasteiger partial charge < -0.3 is 9.47 Å². The van der Waals surface area contributed by atoms with Gasteiger partial charge >= 0.3 is 0 Å². The van der Waals surface area contributed by atoms with Crippen molar-refractivity contribution < 1.29 is 9.47 Å². The van der Waals surface area contributed by atoms with Crippen molar-refractivity contribution in [2.75, 3.05) is 6.79 Å². The highest BCUT2D eigenvalue weighted by Crippen LogP contribution is 2.50. The standard InChI is InChI=1S/C26H22O2/c1-16-12-17-13-25-26(28-15-27-25)14-24(17)18(16)10-11-23-21-8-4-2-6-19(21)20-7-3-5-9-22(20)23/h2-9,12-14,18,23H,10-11,15H2,1H3. The molecule has 0 amide bonds. The van der Waals surface area contributed by atoms with Crippen LogP contribution in [0.2, 0.25) is 0 Å². The van der Waals surface area contributed by atoms with E-state index in [1.807, 2.05) is 0 Å². The Bertz CT molecular complexity index is 1080. The summed E-state index contributed by atoms with van der Waals surface area (Å²) in [6, 6.07) is 22.2. The predicted octanol–water partition coefficient (Wildman–Crippen LogP) is 6.51. The van der Waals surface area contributed by atoms with Crippen molar-refractivity contribution in [1.82, 2.24) is 0 Å². The van der Waals surface area contributed by atoms with Gasteiger partial charge in [-0.1, -0.05) is 60.2 Å². The van der Waals surface area contributed by atoms with Crippen molar-refractivity contribution in [2.45, 2.75) is 31.6 Å². The first-order valence-electron chi connectivity index (χ1n) is 10.1. The lowest BCUT2D eigenvalue weighted by Gasteiger charge is -2.19. The van der Waals surface area contributed by atoms with E-state index in [-0.39, 0.29) is 0 Å². The maximum atomic E-state index is 5.63. The van der Waals surface area contributed by atoms with Crippen LogP contribution in [0.5, 0.6) is 11.5 Å². The first-order valence-corrected chi connectivity index (χ1v) is 10.1. The molecule has 0 fully saturated rings. The molecular weight excluding hydrogens is 344 g/mol. The lowest BCUT2D eigenvalue weighted by Crippen LogP contribution is -2.03. The molecule has 1 unspecified atom stereocenters. The number of fused-ring (bicyclic) bond motifs is 5. The van der Waals surface area contributed by atoms with E-state index in [2.05, 4.69) is 73.7 Å². The van der Waals surface area contributed by atoms with Gasteiger partial charge in [0.25, 0.3) is 0 Å². The smallest absolute Gasteiger partial charge is 0.231 e. The van der Waals surface area contributed by atoms with Gasteiger partial charge in [-0.25, -0.2) is 0 Å². The SMILES string of the molecule is CC1=Cc2cc3c(cc2C1CCC1c2ccccc2-c2ccccc21)OCO3. The van der Waals surface area contributed by atoms with Crippen LogP contribution in [-0.4, -0.2) is 6.79 Å². The molecule has 0 spiro atoms. The molecule has 3 aromatic rings. The first kappa shape index (κ1) is 16.0. The van der Waals surface area contributed by atoms with E-state index >= 15 is 0 Å². The van der Waals surface area contributed by atoms with Gasteiger partial charge in [-0.2, -0.15) is 0 Å². The molecule has 1 heterocycles. The third-order valence-electron chi connectivity index (χ3n) is 6.59. The molecule has 3 aliphatic rings. The lowest BCUT2D eigenvalue weighted by atomic mass is 9.85. The summed E-state index contributed by atoms with van der Waals surface area (Å²) in [6.07, 6.45) is 4.61. The summed E-state index contributed by atoms with van der Waals surface area (Å²) in [4.78, 5) is 0. The molecule has 1 aliphatic heterocycles. The molecule has 0 radical (unpaired) electrons. The minimum Gasteiger partial charge on any atom is -0.454 e. The normalized spacial score (nSPS) is 18.6. The van der Waals surface area contributed by atoms with Gasteiger partial charge in [-0.3, -0.25) is 0 Å². The second kappa shape index (κ2) is 6.00. The molecule has 28 heavy (non-hydrogen) atoms. The van der Waals surface area contributed by atoms with E-state index in [1.165, 1.54) is 39.0 Å². The minimum absolute atomic E-state index is 0.335. The highest BCUT2D eigenvalue weighted by atomic mass is 16.7. The molecular formula is C26H22O2. The predicted molar refractivity (Wildman–Crippen MR) is 112 cm³/mol. The topological polar surface area (TPSA) is 18.5 Å². The summed E-state index contributed by atoms with van der Waals surface area (Å²) < 4.78 is 11.2. The second-order valence-electron chi connectivity index (χ2n) is 8.08. The zero-order chi connectivity index (χ0) is 18.7. The van der Waals surface area contributed by atoms with Gasteiger partial charge in [0.2, 0.25) is 6.79 Å². The lowest BCUT2D eigenvalue weighted by molar-refractivity contribution is 0.174. The molecule has 0 bridgehead atoms. The monoisotopic (exact) mass is 366 g/mol. The molecule has 138 valence electrons. The van der Waals surface area contributed by atoms with Crippen LogP contribution in [0.4, 0.5) is 0 Å². The molecule has 2 nitrogen and oxygen atoms in total. The van der Waals surface area contributed by atoms with Crippen molar-refractivity contribution in [3.8, 4) is 22.6 Å². The third-order valence-corrected chi connectivity index (χ3v) is 6.59. The van der Waals surface area contributed by atoms with Crippen molar-refractivity contribution in [2.24, 2.45) is 0 Å². The molecule has 0 N–H and O–H groups in total. The molecule has 1 atom stereocenters. The highest BCUT2D eigenvalue weighted by molar-refractivity contribution is 5.78. The molecule has 0 saturated carbocycles. The Morgan fingerprint density at radius 3 is 2.07 bits per heavy atom. The summed E-state index contributed by atoms with van der Waals surface area (Å²) in [6.45, 7) is 2.59. The Labute approximate surface area is 165 Å². The quantitative estimate of drug-likeness (QED) is 0.526. The van der Waals surface area contributed by atoms with Crippen LogP contribution in [0.25, 0.3) is 17.2 Å². The number of rotatable bonds is 3. The zero-order valence-corrected chi connectivity index (χ0v) is 15.9. The molecule has 6 rings (SSSR count).